The molecule has 1 saturated carbocycles. The van der Waals surface area contributed by atoms with Crippen LogP contribution in [-0.4, -0.2) is 45.0 Å². The van der Waals surface area contributed by atoms with Crippen LogP contribution in [0.3, 0.4) is 0 Å². The maximum atomic E-state index is 13.7. The van der Waals surface area contributed by atoms with E-state index in [0.717, 1.165) is 18.9 Å². The maximum absolute atomic E-state index is 13.7. The van der Waals surface area contributed by atoms with Crippen molar-refractivity contribution in [3.05, 3.63) is 83.9 Å². The molecule has 5 N–H and O–H groups in total. The second-order valence-electron chi connectivity index (χ2n) is 10.8. The number of halogens is 3. The van der Waals surface area contributed by atoms with E-state index < -0.39 is 23.7 Å². The van der Waals surface area contributed by atoms with Gasteiger partial charge in [-0.15, -0.1) is 10.2 Å². The first-order valence-corrected chi connectivity index (χ1v) is 14.1. The van der Waals surface area contributed by atoms with Crippen molar-refractivity contribution in [2.75, 3.05) is 11.9 Å². The molecule has 1 heterocycles. The molecule has 1 aliphatic carbocycles. The molecule has 0 spiro atoms. The minimum absolute atomic E-state index is 0.0419. The molecule has 1 aliphatic rings. The van der Waals surface area contributed by atoms with E-state index >= 15 is 0 Å². The lowest BCUT2D eigenvalue weighted by Crippen LogP contribution is -2.48. The summed E-state index contributed by atoms with van der Waals surface area (Å²) in [7, 11) is 0. The first-order valence-electron chi connectivity index (χ1n) is 14.1. The molecule has 0 saturated heterocycles. The number of nitrogens with one attached hydrogen (secondary N) is 3. The van der Waals surface area contributed by atoms with Gasteiger partial charge in [0.1, 0.15) is 6.04 Å². The van der Waals surface area contributed by atoms with Crippen LogP contribution in [0.1, 0.15) is 36.8 Å². The Balaban J connectivity index is 1.37. The fourth-order valence-corrected chi connectivity index (χ4v) is 5.46. The molecule has 1 fully saturated rings. The van der Waals surface area contributed by atoms with Gasteiger partial charge in [-0.3, -0.25) is 9.59 Å². The number of aromatic amines is 1. The van der Waals surface area contributed by atoms with Crippen LogP contribution in [0.5, 0.6) is 0 Å². The highest BCUT2D eigenvalue weighted by Gasteiger charge is 2.33. The van der Waals surface area contributed by atoms with Crippen molar-refractivity contribution >= 4 is 17.5 Å². The van der Waals surface area contributed by atoms with Gasteiger partial charge in [-0.2, -0.15) is 18.4 Å². The summed E-state index contributed by atoms with van der Waals surface area (Å²) in [5.41, 5.74) is 7.26. The second kappa shape index (κ2) is 13.2. The Bertz CT molecular complexity index is 1530. The van der Waals surface area contributed by atoms with Crippen molar-refractivity contribution in [3.63, 3.8) is 0 Å². The Labute approximate surface area is 246 Å². The summed E-state index contributed by atoms with van der Waals surface area (Å²) in [6.45, 7) is 0.582. The maximum Gasteiger partial charge on any atom is 0.417 e. The zero-order chi connectivity index (χ0) is 30.4. The second-order valence-corrected chi connectivity index (χ2v) is 10.8. The number of tetrazole rings is 1. The summed E-state index contributed by atoms with van der Waals surface area (Å²) in [4.78, 5) is 26.9. The highest BCUT2D eigenvalue weighted by atomic mass is 19.4. The Hall–Kier alpha value is -4.58. The molecule has 4 aromatic rings. The van der Waals surface area contributed by atoms with E-state index in [1.165, 1.54) is 12.1 Å². The molecule has 1 unspecified atom stereocenters. The first kappa shape index (κ1) is 29.9. The quantitative estimate of drug-likeness (QED) is 0.217. The molecule has 9 nitrogen and oxygen atoms in total. The average molecular weight is 592 g/mol. The van der Waals surface area contributed by atoms with Gasteiger partial charge in [0.25, 0.3) is 0 Å². The van der Waals surface area contributed by atoms with Crippen LogP contribution >= 0.6 is 0 Å². The predicted octanol–water partition coefficient (Wildman–Crippen LogP) is 4.98. The predicted molar refractivity (Wildman–Crippen MR) is 155 cm³/mol. The van der Waals surface area contributed by atoms with Crippen LogP contribution in [0.15, 0.2) is 72.8 Å². The van der Waals surface area contributed by atoms with Gasteiger partial charge in [0, 0.05) is 23.6 Å². The molecular weight excluding hydrogens is 559 g/mol. The van der Waals surface area contributed by atoms with Gasteiger partial charge in [0.2, 0.25) is 17.6 Å². The number of hydrogen-bond donors (Lipinski definition) is 4. The summed E-state index contributed by atoms with van der Waals surface area (Å²) in [6.07, 6.45) is -1.38. The number of rotatable bonds is 9. The van der Waals surface area contributed by atoms with Crippen molar-refractivity contribution in [2.24, 2.45) is 17.6 Å². The number of amides is 2. The van der Waals surface area contributed by atoms with E-state index in [-0.39, 0.29) is 23.8 Å². The largest absolute Gasteiger partial charge is 0.417 e. The Morgan fingerprint density at radius 1 is 0.953 bits per heavy atom. The first-order chi connectivity index (χ1) is 20.7. The van der Waals surface area contributed by atoms with Crippen LogP contribution in [0.2, 0.25) is 0 Å². The number of hydrogen-bond acceptors (Lipinski definition) is 6. The third-order valence-electron chi connectivity index (χ3n) is 7.85. The molecule has 0 bridgehead atoms. The van der Waals surface area contributed by atoms with Crippen LogP contribution < -0.4 is 16.4 Å². The number of benzene rings is 3. The number of H-pyrrole nitrogens is 1. The highest BCUT2D eigenvalue weighted by Crippen LogP contribution is 2.37. The van der Waals surface area contributed by atoms with Crippen molar-refractivity contribution in [1.29, 1.82) is 0 Å². The number of aromatic nitrogens is 4. The average Bonchev–Trinajstić information content (AvgIpc) is 3.56. The minimum Gasteiger partial charge on any atom is -0.344 e. The molecule has 2 amide bonds. The SMILES string of the molecule is NCC1CCC(C(=O)NC(Cc2cccc(-c3ccccc3C(F)(F)F)c2)C(=O)Nc2ccc(-c3nn[nH]n3)cc2)CC1. The lowest BCUT2D eigenvalue weighted by atomic mass is 9.81. The van der Waals surface area contributed by atoms with Gasteiger partial charge in [0.05, 0.1) is 5.56 Å². The summed E-state index contributed by atoms with van der Waals surface area (Å²) in [5, 5.41) is 19.6. The van der Waals surface area contributed by atoms with Gasteiger partial charge >= 0.3 is 6.18 Å². The van der Waals surface area contributed by atoms with E-state index in [9.17, 15) is 22.8 Å². The van der Waals surface area contributed by atoms with E-state index in [1.54, 1.807) is 54.6 Å². The Kier molecular flexibility index (Phi) is 9.15. The molecule has 43 heavy (non-hydrogen) atoms. The number of nitrogens with zero attached hydrogens (tertiary/aromatic N) is 3. The third-order valence-corrected chi connectivity index (χ3v) is 7.85. The molecule has 5 rings (SSSR count). The lowest BCUT2D eigenvalue weighted by Gasteiger charge is -2.28. The van der Waals surface area contributed by atoms with Gasteiger partial charge in [0.15, 0.2) is 0 Å². The Morgan fingerprint density at radius 3 is 2.37 bits per heavy atom. The smallest absolute Gasteiger partial charge is 0.344 e. The molecule has 0 aliphatic heterocycles. The molecule has 12 heteroatoms. The van der Waals surface area contributed by atoms with Gasteiger partial charge in [-0.05, 0) is 90.4 Å². The van der Waals surface area contributed by atoms with Crippen molar-refractivity contribution in [2.45, 2.75) is 44.3 Å². The fraction of sp³-hybridized carbons (Fsp3) is 0.323. The van der Waals surface area contributed by atoms with Crippen molar-refractivity contribution in [1.82, 2.24) is 25.9 Å². The normalized spacial score (nSPS) is 17.7. The van der Waals surface area contributed by atoms with Crippen LogP contribution in [0.4, 0.5) is 18.9 Å². The Morgan fingerprint density at radius 2 is 1.70 bits per heavy atom. The molecule has 3 aromatic carbocycles. The van der Waals surface area contributed by atoms with E-state index in [1.807, 2.05) is 0 Å². The topological polar surface area (TPSA) is 139 Å². The molecule has 0 radical (unpaired) electrons. The van der Waals surface area contributed by atoms with E-state index in [4.69, 9.17) is 5.73 Å². The van der Waals surface area contributed by atoms with E-state index in [2.05, 4.69) is 31.3 Å². The summed E-state index contributed by atoms with van der Waals surface area (Å²) in [6, 6.07) is 17.8. The van der Waals surface area contributed by atoms with Crippen LogP contribution in [0, 0.1) is 11.8 Å². The van der Waals surface area contributed by atoms with Crippen LogP contribution in [-0.2, 0) is 22.2 Å². The van der Waals surface area contributed by atoms with Gasteiger partial charge in [-0.25, -0.2) is 0 Å². The highest BCUT2D eigenvalue weighted by molar-refractivity contribution is 5.97. The number of nitrogens with two attached hydrogens (primary N) is 1. The zero-order valence-corrected chi connectivity index (χ0v) is 23.3. The summed E-state index contributed by atoms with van der Waals surface area (Å²) < 4.78 is 41.1. The fourth-order valence-electron chi connectivity index (χ4n) is 5.46. The number of carbonyl (C=O) groups excluding carboxylic acids is 2. The third kappa shape index (κ3) is 7.44. The zero-order valence-electron chi connectivity index (χ0n) is 23.3. The number of carbonyl (C=O) groups is 2. The van der Waals surface area contributed by atoms with Crippen molar-refractivity contribution < 1.29 is 22.8 Å². The number of anilines is 1. The summed E-state index contributed by atoms with van der Waals surface area (Å²) in [5.74, 6) is -0.114. The molecular formula is C31H32F3N7O2. The van der Waals surface area contributed by atoms with E-state index in [0.29, 0.717) is 53.5 Å². The molecule has 1 aromatic heterocycles. The monoisotopic (exact) mass is 591 g/mol. The standard InChI is InChI=1S/C31H32F3N7O2/c32-31(33,34)26-7-2-1-6-25(26)23-5-3-4-20(16-23)17-27(37-29(42)22-10-8-19(18-35)9-11-22)30(43)36-24-14-12-21(13-15-24)28-38-40-41-39-28/h1-7,12-16,19,22,27H,8-11,17-18,35H2,(H,36,43)(H,37,42)(H,38,39,40,41). The molecule has 224 valence electrons. The lowest BCUT2D eigenvalue weighted by molar-refractivity contribution is -0.137. The number of alkyl halides is 3. The van der Waals surface area contributed by atoms with Crippen molar-refractivity contribution in [3.8, 4) is 22.5 Å². The van der Waals surface area contributed by atoms with Crippen LogP contribution in [0.25, 0.3) is 22.5 Å². The van der Waals surface area contributed by atoms with Gasteiger partial charge < -0.3 is 16.4 Å². The minimum atomic E-state index is -4.52. The van der Waals surface area contributed by atoms with Gasteiger partial charge in [-0.1, -0.05) is 42.5 Å². The summed E-state index contributed by atoms with van der Waals surface area (Å²) >= 11 is 0. The molecule has 1 atom stereocenters.